The molecule has 0 amide bonds. The van der Waals surface area contributed by atoms with Crippen molar-refractivity contribution in [2.75, 3.05) is 13.9 Å². The molecule has 23 heavy (non-hydrogen) atoms. The summed E-state index contributed by atoms with van der Waals surface area (Å²) in [4.78, 5) is 0. The molecule has 0 radical (unpaired) electrons. The van der Waals surface area contributed by atoms with Gasteiger partial charge in [-0.2, -0.15) is 0 Å². The monoisotopic (exact) mass is 314 g/mol. The van der Waals surface area contributed by atoms with Crippen molar-refractivity contribution in [1.82, 2.24) is 0 Å². The van der Waals surface area contributed by atoms with Gasteiger partial charge in [-0.25, -0.2) is 0 Å². The maximum Gasteiger partial charge on any atom is 0.231 e. The summed E-state index contributed by atoms with van der Waals surface area (Å²) in [6.07, 6.45) is 7.54. The minimum Gasteiger partial charge on any atom is -0.499 e. The molecule has 0 saturated heterocycles. The van der Waals surface area contributed by atoms with Gasteiger partial charge in [-0.1, -0.05) is 6.42 Å². The van der Waals surface area contributed by atoms with Crippen LogP contribution in [0.4, 0.5) is 0 Å². The van der Waals surface area contributed by atoms with Crippen LogP contribution in [0.5, 0.6) is 11.5 Å². The highest BCUT2D eigenvalue weighted by Gasteiger charge is 2.56. The summed E-state index contributed by atoms with van der Waals surface area (Å²) >= 11 is 0. The van der Waals surface area contributed by atoms with E-state index in [4.69, 9.17) is 14.2 Å². The Morgan fingerprint density at radius 2 is 2.04 bits per heavy atom. The average Bonchev–Trinajstić information content (AvgIpc) is 3.21. The Morgan fingerprint density at radius 3 is 2.87 bits per heavy atom. The van der Waals surface area contributed by atoms with Crippen LogP contribution in [0.25, 0.3) is 0 Å². The van der Waals surface area contributed by atoms with E-state index >= 15 is 0 Å². The van der Waals surface area contributed by atoms with Crippen molar-refractivity contribution >= 4 is 0 Å². The molecule has 0 aromatic heterocycles. The van der Waals surface area contributed by atoms with Gasteiger partial charge in [-0.15, -0.1) is 0 Å². The molecule has 0 bridgehead atoms. The Hall–Kier alpha value is -1.68. The smallest absolute Gasteiger partial charge is 0.231 e. The zero-order chi connectivity index (χ0) is 15.6. The van der Waals surface area contributed by atoms with E-state index in [2.05, 4.69) is 18.2 Å². The van der Waals surface area contributed by atoms with Crippen LogP contribution in [0.1, 0.15) is 42.7 Å². The standard InChI is InChI=1S/C19H22O4/c1-21-16-9-19-6-2-3-12(19)5-4-11-7-14-15(23-10-22-14)8-13(11)17(19)18(16)20/h7-9,12,17-18,20H,2-6,10H2,1H3/t12?,17-,18?,19-/m1/s1. The molecule has 4 heteroatoms. The molecule has 1 aromatic rings. The zero-order valence-corrected chi connectivity index (χ0v) is 13.4. The number of rotatable bonds is 1. The first-order valence-corrected chi connectivity index (χ1v) is 8.60. The lowest BCUT2D eigenvalue weighted by molar-refractivity contribution is 0.0836. The van der Waals surface area contributed by atoms with Gasteiger partial charge in [-0.3, -0.25) is 0 Å². The van der Waals surface area contributed by atoms with Gasteiger partial charge in [0.2, 0.25) is 6.79 Å². The number of aryl methyl sites for hydroxylation is 1. The molecule has 1 fully saturated rings. The summed E-state index contributed by atoms with van der Waals surface area (Å²) in [6, 6.07) is 4.24. The maximum atomic E-state index is 11.0. The number of aliphatic hydroxyl groups is 1. The van der Waals surface area contributed by atoms with E-state index in [1.165, 1.54) is 30.4 Å². The first kappa shape index (κ1) is 13.7. The van der Waals surface area contributed by atoms with Gasteiger partial charge in [0.15, 0.2) is 11.5 Å². The van der Waals surface area contributed by atoms with Crippen LogP contribution in [0.2, 0.25) is 0 Å². The molecule has 4 aliphatic rings. The minimum atomic E-state index is -0.558. The van der Waals surface area contributed by atoms with Crippen molar-refractivity contribution in [2.45, 2.75) is 44.1 Å². The fraction of sp³-hybridized carbons (Fsp3) is 0.579. The van der Waals surface area contributed by atoms with Crippen molar-refractivity contribution in [2.24, 2.45) is 11.3 Å². The molecule has 4 atom stereocenters. The van der Waals surface area contributed by atoms with E-state index in [1.807, 2.05) is 0 Å². The lowest BCUT2D eigenvalue weighted by atomic mass is 9.67. The Bertz CT molecular complexity index is 695. The fourth-order valence-corrected chi connectivity index (χ4v) is 5.51. The normalized spacial score (nSPS) is 36.8. The highest BCUT2D eigenvalue weighted by molar-refractivity contribution is 5.53. The number of allylic oxidation sites excluding steroid dienone is 1. The van der Waals surface area contributed by atoms with E-state index in [0.29, 0.717) is 12.7 Å². The second-order valence-electron chi connectivity index (χ2n) is 7.32. The van der Waals surface area contributed by atoms with Crippen LogP contribution in [-0.4, -0.2) is 25.1 Å². The first-order chi connectivity index (χ1) is 11.2. The third-order valence-corrected chi connectivity index (χ3v) is 6.49. The number of hydrogen-bond donors (Lipinski definition) is 1. The summed E-state index contributed by atoms with van der Waals surface area (Å²) in [5.74, 6) is 3.11. The molecular weight excluding hydrogens is 292 g/mol. The molecule has 1 aromatic carbocycles. The molecular formula is C19H22O4. The lowest BCUT2D eigenvalue weighted by Gasteiger charge is -2.36. The Balaban J connectivity index is 1.70. The number of hydrogen-bond acceptors (Lipinski definition) is 4. The highest BCUT2D eigenvalue weighted by Crippen LogP contribution is 2.63. The van der Waals surface area contributed by atoms with E-state index in [0.717, 1.165) is 30.1 Å². The molecule has 2 unspecified atom stereocenters. The number of ether oxygens (including phenoxy) is 3. The van der Waals surface area contributed by atoms with E-state index in [-0.39, 0.29) is 11.3 Å². The van der Waals surface area contributed by atoms with Crippen LogP contribution in [0.15, 0.2) is 24.0 Å². The van der Waals surface area contributed by atoms with Crippen molar-refractivity contribution in [3.05, 3.63) is 35.1 Å². The highest BCUT2D eigenvalue weighted by atomic mass is 16.7. The van der Waals surface area contributed by atoms with E-state index in [9.17, 15) is 5.11 Å². The molecule has 3 aliphatic carbocycles. The maximum absolute atomic E-state index is 11.0. The average molecular weight is 314 g/mol. The van der Waals surface area contributed by atoms with Crippen LogP contribution >= 0.6 is 0 Å². The van der Waals surface area contributed by atoms with E-state index < -0.39 is 6.10 Å². The molecule has 1 saturated carbocycles. The van der Waals surface area contributed by atoms with Crippen LogP contribution in [0.3, 0.4) is 0 Å². The third-order valence-electron chi connectivity index (χ3n) is 6.49. The lowest BCUT2D eigenvalue weighted by Crippen LogP contribution is -2.32. The molecule has 1 N–H and O–H groups in total. The van der Waals surface area contributed by atoms with Crippen molar-refractivity contribution in [3.63, 3.8) is 0 Å². The second kappa shape index (κ2) is 4.67. The van der Waals surface area contributed by atoms with Gasteiger partial charge in [0.25, 0.3) is 0 Å². The molecule has 5 rings (SSSR count). The Labute approximate surface area is 136 Å². The SMILES string of the molecule is COC1=C[C@]23CCCC2CCc2cc4c(cc2[C@@H]3C1O)OCO4. The molecule has 1 aliphatic heterocycles. The molecule has 122 valence electrons. The molecule has 4 nitrogen and oxygen atoms in total. The van der Waals surface area contributed by atoms with Gasteiger partial charge in [0.05, 0.1) is 7.11 Å². The van der Waals surface area contributed by atoms with Gasteiger partial charge in [-0.05, 0) is 60.9 Å². The third kappa shape index (κ3) is 1.70. The van der Waals surface area contributed by atoms with Gasteiger partial charge in [0, 0.05) is 11.3 Å². The van der Waals surface area contributed by atoms with Gasteiger partial charge in [0.1, 0.15) is 11.9 Å². The van der Waals surface area contributed by atoms with Gasteiger partial charge < -0.3 is 19.3 Å². The van der Waals surface area contributed by atoms with Crippen LogP contribution in [0, 0.1) is 11.3 Å². The van der Waals surface area contributed by atoms with Crippen molar-refractivity contribution in [3.8, 4) is 11.5 Å². The quantitative estimate of drug-likeness (QED) is 0.865. The number of aliphatic hydroxyl groups excluding tert-OH is 1. The van der Waals surface area contributed by atoms with Crippen molar-refractivity contribution < 1.29 is 19.3 Å². The summed E-state index contributed by atoms with van der Waals surface area (Å²) in [5.41, 5.74) is 2.58. The number of benzene rings is 1. The topological polar surface area (TPSA) is 47.9 Å². The van der Waals surface area contributed by atoms with Crippen LogP contribution < -0.4 is 9.47 Å². The predicted octanol–water partition coefficient (Wildman–Crippen LogP) is 3.14. The second-order valence-corrected chi connectivity index (χ2v) is 7.32. The minimum absolute atomic E-state index is 0.0453. The zero-order valence-electron chi connectivity index (χ0n) is 13.4. The fourth-order valence-electron chi connectivity index (χ4n) is 5.51. The number of fused-ring (bicyclic) bond motifs is 3. The van der Waals surface area contributed by atoms with Gasteiger partial charge >= 0.3 is 0 Å². The number of methoxy groups -OCH3 is 1. The van der Waals surface area contributed by atoms with E-state index in [1.54, 1.807) is 7.11 Å². The first-order valence-electron chi connectivity index (χ1n) is 8.60. The summed E-state index contributed by atoms with van der Waals surface area (Å²) in [7, 11) is 1.67. The molecule has 1 heterocycles. The Morgan fingerprint density at radius 1 is 1.22 bits per heavy atom. The molecule has 1 spiro atoms. The summed E-state index contributed by atoms with van der Waals surface area (Å²) in [5, 5.41) is 11.0. The van der Waals surface area contributed by atoms with Crippen molar-refractivity contribution in [1.29, 1.82) is 0 Å². The largest absolute Gasteiger partial charge is 0.499 e. The predicted molar refractivity (Wildman–Crippen MR) is 84.5 cm³/mol. The Kier molecular flexibility index (Phi) is 2.79. The summed E-state index contributed by atoms with van der Waals surface area (Å²) < 4.78 is 16.7. The summed E-state index contributed by atoms with van der Waals surface area (Å²) in [6.45, 7) is 0.292. The van der Waals surface area contributed by atoms with Crippen LogP contribution in [-0.2, 0) is 11.2 Å².